The largest absolute Gasteiger partial charge is 0.368 e. The van der Waals surface area contributed by atoms with Gasteiger partial charge >= 0.3 is 0 Å². The minimum atomic E-state index is 0.313. The SMILES string of the molecule is Cc1cc(NCC(C)NC2CCN(c3ncccn3)CC2)n2nc(C)c(-c3c(C)cccc3C)c2n1. The van der Waals surface area contributed by atoms with E-state index in [1.54, 1.807) is 0 Å². The molecule has 1 aliphatic heterocycles. The number of aryl methyl sites for hydroxylation is 4. The van der Waals surface area contributed by atoms with E-state index in [1.807, 2.05) is 29.9 Å². The van der Waals surface area contributed by atoms with Crippen LogP contribution in [-0.2, 0) is 0 Å². The van der Waals surface area contributed by atoms with Crippen molar-refractivity contribution in [3.63, 3.8) is 0 Å². The molecule has 4 aromatic rings. The quantitative estimate of drug-likeness (QED) is 0.400. The molecule has 1 unspecified atom stereocenters. The van der Waals surface area contributed by atoms with Crippen LogP contribution in [0, 0.1) is 27.7 Å². The number of fused-ring (bicyclic) bond motifs is 1. The predicted octanol–water partition coefficient (Wildman–Crippen LogP) is 4.48. The molecule has 2 N–H and O–H groups in total. The molecular formula is C28H36N8. The molecule has 3 aromatic heterocycles. The van der Waals surface area contributed by atoms with Crippen molar-refractivity contribution in [2.45, 2.75) is 59.5 Å². The third-order valence-corrected chi connectivity index (χ3v) is 7.06. The van der Waals surface area contributed by atoms with E-state index >= 15 is 0 Å². The molecule has 0 aliphatic carbocycles. The van der Waals surface area contributed by atoms with Crippen LogP contribution >= 0.6 is 0 Å². The second kappa shape index (κ2) is 10.2. The highest BCUT2D eigenvalue weighted by Crippen LogP contribution is 2.33. The summed E-state index contributed by atoms with van der Waals surface area (Å²) >= 11 is 0. The van der Waals surface area contributed by atoms with Crippen molar-refractivity contribution < 1.29 is 0 Å². The summed E-state index contributed by atoms with van der Waals surface area (Å²) < 4.78 is 1.97. The van der Waals surface area contributed by atoms with Gasteiger partial charge in [0.25, 0.3) is 0 Å². The van der Waals surface area contributed by atoms with Crippen LogP contribution in [0.15, 0.2) is 42.7 Å². The Bertz CT molecular complexity index is 1320. The van der Waals surface area contributed by atoms with Gasteiger partial charge in [0.05, 0.1) is 11.3 Å². The molecule has 8 heteroatoms. The lowest BCUT2D eigenvalue weighted by atomic mass is 9.96. The molecule has 1 atom stereocenters. The van der Waals surface area contributed by atoms with Gasteiger partial charge in [-0.15, -0.1) is 0 Å². The highest BCUT2D eigenvalue weighted by Gasteiger charge is 2.22. The number of rotatable bonds is 7. The summed E-state index contributed by atoms with van der Waals surface area (Å²) in [4.78, 5) is 15.9. The van der Waals surface area contributed by atoms with E-state index in [2.05, 4.69) is 77.5 Å². The number of hydrogen-bond donors (Lipinski definition) is 2. The molecule has 0 amide bonds. The molecule has 8 nitrogen and oxygen atoms in total. The third-order valence-electron chi connectivity index (χ3n) is 7.06. The molecule has 0 spiro atoms. The summed E-state index contributed by atoms with van der Waals surface area (Å²) in [5, 5.41) is 12.3. The number of piperidine rings is 1. The monoisotopic (exact) mass is 484 g/mol. The molecule has 0 saturated carbocycles. The van der Waals surface area contributed by atoms with Gasteiger partial charge in [-0.3, -0.25) is 0 Å². The lowest BCUT2D eigenvalue weighted by Crippen LogP contribution is -2.47. The van der Waals surface area contributed by atoms with Gasteiger partial charge < -0.3 is 15.5 Å². The number of benzene rings is 1. The maximum atomic E-state index is 4.90. The average molecular weight is 485 g/mol. The fourth-order valence-corrected chi connectivity index (χ4v) is 5.29. The highest BCUT2D eigenvalue weighted by atomic mass is 15.3. The Labute approximate surface area is 213 Å². The third kappa shape index (κ3) is 4.91. The number of nitrogens with one attached hydrogen (secondary N) is 2. The topological polar surface area (TPSA) is 83.3 Å². The molecule has 5 rings (SSSR count). The minimum absolute atomic E-state index is 0.313. The van der Waals surface area contributed by atoms with Crippen LogP contribution in [0.25, 0.3) is 16.8 Å². The minimum Gasteiger partial charge on any atom is -0.368 e. The molecule has 1 fully saturated rings. The second-order valence-electron chi connectivity index (χ2n) is 10.0. The summed E-state index contributed by atoms with van der Waals surface area (Å²) in [6.07, 6.45) is 5.78. The Morgan fingerprint density at radius 1 is 0.972 bits per heavy atom. The lowest BCUT2D eigenvalue weighted by Gasteiger charge is -2.34. The average Bonchev–Trinajstić information content (AvgIpc) is 3.19. The zero-order valence-electron chi connectivity index (χ0n) is 21.9. The van der Waals surface area contributed by atoms with Gasteiger partial charge in [-0.25, -0.2) is 15.0 Å². The van der Waals surface area contributed by atoms with Crippen LogP contribution in [0.3, 0.4) is 0 Å². The van der Waals surface area contributed by atoms with Crippen LogP contribution in [0.5, 0.6) is 0 Å². The molecule has 1 aliphatic rings. The fraction of sp³-hybridized carbons (Fsp3) is 0.429. The number of aromatic nitrogens is 5. The summed E-state index contributed by atoms with van der Waals surface area (Å²) in [6.45, 7) is 13.4. The van der Waals surface area contributed by atoms with Crippen molar-refractivity contribution in [1.29, 1.82) is 0 Å². The number of nitrogens with zero attached hydrogens (tertiary/aromatic N) is 6. The van der Waals surface area contributed by atoms with E-state index in [4.69, 9.17) is 10.1 Å². The Morgan fingerprint density at radius 3 is 2.36 bits per heavy atom. The fourth-order valence-electron chi connectivity index (χ4n) is 5.29. The van der Waals surface area contributed by atoms with Crippen LogP contribution in [0.4, 0.5) is 11.8 Å². The van der Waals surface area contributed by atoms with E-state index < -0.39 is 0 Å². The van der Waals surface area contributed by atoms with Gasteiger partial charge in [-0.05, 0) is 70.2 Å². The Morgan fingerprint density at radius 2 is 1.67 bits per heavy atom. The number of anilines is 2. The molecule has 1 aromatic carbocycles. The van der Waals surface area contributed by atoms with Crippen molar-refractivity contribution in [3.8, 4) is 11.1 Å². The Hall–Kier alpha value is -3.52. The first kappa shape index (κ1) is 24.2. The molecule has 0 bridgehead atoms. The second-order valence-corrected chi connectivity index (χ2v) is 10.0. The maximum absolute atomic E-state index is 4.90. The van der Waals surface area contributed by atoms with Crippen molar-refractivity contribution in [3.05, 3.63) is 65.2 Å². The van der Waals surface area contributed by atoms with Gasteiger partial charge in [0.15, 0.2) is 5.65 Å². The summed E-state index contributed by atoms with van der Waals surface area (Å²) in [5.74, 6) is 1.81. The molecule has 0 radical (unpaired) electrons. The van der Waals surface area contributed by atoms with Gasteiger partial charge in [0.2, 0.25) is 5.95 Å². The molecule has 188 valence electrons. The van der Waals surface area contributed by atoms with Gasteiger partial charge in [0, 0.05) is 55.9 Å². The molecule has 4 heterocycles. The zero-order valence-corrected chi connectivity index (χ0v) is 21.9. The van der Waals surface area contributed by atoms with Crippen molar-refractivity contribution in [2.75, 3.05) is 29.9 Å². The molecule has 36 heavy (non-hydrogen) atoms. The summed E-state index contributed by atoms with van der Waals surface area (Å²) in [7, 11) is 0. The lowest BCUT2D eigenvalue weighted by molar-refractivity contribution is 0.380. The Balaban J connectivity index is 1.27. The molecular weight excluding hydrogens is 448 g/mol. The van der Waals surface area contributed by atoms with Crippen LogP contribution < -0.4 is 15.5 Å². The predicted molar refractivity (Wildman–Crippen MR) is 146 cm³/mol. The first-order valence-corrected chi connectivity index (χ1v) is 12.9. The number of hydrogen-bond acceptors (Lipinski definition) is 7. The maximum Gasteiger partial charge on any atom is 0.225 e. The van der Waals surface area contributed by atoms with Crippen LogP contribution in [0.2, 0.25) is 0 Å². The van der Waals surface area contributed by atoms with Gasteiger partial charge in [-0.1, -0.05) is 18.2 Å². The standard InChI is InChI=1S/C28H36N8/c1-18-8-6-9-19(2)25(18)26-22(5)34-36-24(16-20(3)33-27(26)36)31-17-21(4)32-23-10-14-35(15-11-23)28-29-12-7-13-30-28/h6-9,12-13,16,21,23,31-32H,10-11,14-15,17H2,1-5H3. The van der Waals surface area contributed by atoms with Crippen LogP contribution in [0.1, 0.15) is 42.3 Å². The first-order chi connectivity index (χ1) is 17.4. The van der Waals surface area contributed by atoms with Crippen molar-refractivity contribution in [2.24, 2.45) is 0 Å². The summed E-state index contributed by atoms with van der Waals surface area (Å²) in [6, 6.07) is 11.2. The smallest absolute Gasteiger partial charge is 0.225 e. The van der Waals surface area contributed by atoms with E-state index in [9.17, 15) is 0 Å². The first-order valence-electron chi connectivity index (χ1n) is 12.9. The van der Waals surface area contributed by atoms with Gasteiger partial charge in [0.1, 0.15) is 5.82 Å². The van der Waals surface area contributed by atoms with E-state index in [-0.39, 0.29) is 0 Å². The highest BCUT2D eigenvalue weighted by molar-refractivity contribution is 5.84. The molecule has 1 saturated heterocycles. The Kier molecular flexibility index (Phi) is 6.87. The van der Waals surface area contributed by atoms with E-state index in [0.29, 0.717) is 12.1 Å². The van der Waals surface area contributed by atoms with Crippen molar-refractivity contribution >= 4 is 17.4 Å². The van der Waals surface area contributed by atoms with E-state index in [0.717, 1.165) is 66.8 Å². The van der Waals surface area contributed by atoms with Crippen LogP contribution in [-0.4, -0.2) is 56.3 Å². The zero-order chi connectivity index (χ0) is 25.2. The van der Waals surface area contributed by atoms with Crippen molar-refractivity contribution in [1.82, 2.24) is 29.9 Å². The normalized spacial score (nSPS) is 15.4. The van der Waals surface area contributed by atoms with Gasteiger partial charge in [-0.2, -0.15) is 9.61 Å². The van der Waals surface area contributed by atoms with E-state index in [1.165, 1.54) is 16.7 Å². The summed E-state index contributed by atoms with van der Waals surface area (Å²) in [5.41, 5.74) is 7.72.